The summed E-state index contributed by atoms with van der Waals surface area (Å²) in [6.07, 6.45) is 11.5. The van der Waals surface area contributed by atoms with Crippen LogP contribution in [0.5, 0.6) is 0 Å². The second-order valence-corrected chi connectivity index (χ2v) is 8.40. The second kappa shape index (κ2) is 4.72. The minimum Gasteiger partial charge on any atom is -0.355 e. The molecule has 0 aromatic heterocycles. The molecular weight excluding hydrogens is 248 g/mol. The first-order valence-electron chi connectivity index (χ1n) is 8.64. The SMILES string of the molecule is NC(CC(=O)NCC12CC3CC(CC(C3)C1)C2)C1CC1. The predicted octanol–water partition coefficient (Wildman–Crippen LogP) is 2.45. The summed E-state index contributed by atoms with van der Waals surface area (Å²) in [5.41, 5.74) is 6.51. The minimum absolute atomic E-state index is 0.103. The molecule has 5 saturated carbocycles. The van der Waals surface area contributed by atoms with Crippen molar-refractivity contribution in [2.75, 3.05) is 6.54 Å². The molecule has 0 radical (unpaired) electrons. The summed E-state index contributed by atoms with van der Waals surface area (Å²) < 4.78 is 0. The van der Waals surface area contributed by atoms with Crippen LogP contribution in [-0.2, 0) is 4.79 Å². The van der Waals surface area contributed by atoms with Crippen molar-refractivity contribution in [3.8, 4) is 0 Å². The van der Waals surface area contributed by atoms with Crippen molar-refractivity contribution in [2.24, 2.45) is 34.8 Å². The maximum Gasteiger partial charge on any atom is 0.221 e. The molecule has 112 valence electrons. The van der Waals surface area contributed by atoms with Crippen LogP contribution < -0.4 is 11.1 Å². The van der Waals surface area contributed by atoms with Gasteiger partial charge in [-0.2, -0.15) is 0 Å². The standard InChI is InChI=1S/C17H28N2O/c18-15(14-1-2-14)6-16(20)19-10-17-7-11-3-12(8-17)5-13(4-11)9-17/h11-15H,1-10,18H2,(H,19,20). The average molecular weight is 276 g/mol. The molecule has 5 aliphatic rings. The fourth-order valence-corrected chi connectivity index (χ4v) is 5.77. The van der Waals surface area contributed by atoms with Crippen LogP contribution in [0.1, 0.15) is 57.8 Å². The van der Waals surface area contributed by atoms with Gasteiger partial charge in [0.25, 0.3) is 0 Å². The summed E-state index contributed by atoms with van der Waals surface area (Å²) in [4.78, 5) is 12.1. The summed E-state index contributed by atoms with van der Waals surface area (Å²) in [5, 5.41) is 3.23. The van der Waals surface area contributed by atoms with E-state index in [9.17, 15) is 4.79 Å². The largest absolute Gasteiger partial charge is 0.355 e. The molecule has 0 aromatic carbocycles. The van der Waals surface area contributed by atoms with Gasteiger partial charge in [-0.1, -0.05) is 0 Å². The Morgan fingerprint density at radius 2 is 1.65 bits per heavy atom. The van der Waals surface area contributed by atoms with Gasteiger partial charge < -0.3 is 11.1 Å². The van der Waals surface area contributed by atoms with E-state index < -0.39 is 0 Å². The van der Waals surface area contributed by atoms with Gasteiger partial charge in [0.2, 0.25) is 5.91 Å². The summed E-state index contributed by atoms with van der Waals surface area (Å²) in [5.74, 6) is 3.71. The summed E-state index contributed by atoms with van der Waals surface area (Å²) in [6.45, 7) is 0.923. The smallest absolute Gasteiger partial charge is 0.221 e. The number of nitrogens with two attached hydrogens (primary N) is 1. The van der Waals surface area contributed by atoms with Crippen LogP contribution >= 0.6 is 0 Å². The molecule has 20 heavy (non-hydrogen) atoms. The Kier molecular flexibility index (Phi) is 3.10. The number of rotatable bonds is 5. The van der Waals surface area contributed by atoms with Crippen LogP contribution in [0.4, 0.5) is 0 Å². The monoisotopic (exact) mass is 276 g/mol. The third-order valence-corrected chi connectivity index (χ3v) is 6.47. The fraction of sp³-hybridized carbons (Fsp3) is 0.941. The minimum atomic E-state index is 0.103. The number of carbonyl (C=O) groups excluding carboxylic acids is 1. The average Bonchev–Trinajstić information content (AvgIpc) is 3.19. The zero-order chi connectivity index (χ0) is 13.7. The Morgan fingerprint density at radius 1 is 1.10 bits per heavy atom. The third-order valence-electron chi connectivity index (χ3n) is 6.47. The van der Waals surface area contributed by atoms with Crippen LogP contribution in [-0.4, -0.2) is 18.5 Å². The lowest BCUT2D eigenvalue weighted by Gasteiger charge is -2.56. The Hall–Kier alpha value is -0.570. The van der Waals surface area contributed by atoms with Gasteiger partial charge in [0.1, 0.15) is 0 Å². The van der Waals surface area contributed by atoms with Gasteiger partial charge in [0.05, 0.1) is 0 Å². The number of nitrogens with one attached hydrogen (secondary N) is 1. The number of hydrogen-bond donors (Lipinski definition) is 2. The maximum absolute atomic E-state index is 12.1. The molecule has 3 nitrogen and oxygen atoms in total. The molecule has 4 bridgehead atoms. The molecule has 0 spiro atoms. The van der Waals surface area contributed by atoms with E-state index in [4.69, 9.17) is 5.73 Å². The normalized spacial score (nSPS) is 43.5. The lowest BCUT2D eigenvalue weighted by Crippen LogP contribution is -2.51. The molecule has 5 aliphatic carbocycles. The first-order valence-corrected chi connectivity index (χ1v) is 8.64. The van der Waals surface area contributed by atoms with Crippen molar-refractivity contribution < 1.29 is 4.79 Å². The number of amides is 1. The molecular formula is C17H28N2O. The van der Waals surface area contributed by atoms with E-state index in [-0.39, 0.29) is 11.9 Å². The molecule has 5 fully saturated rings. The van der Waals surface area contributed by atoms with Crippen molar-refractivity contribution in [2.45, 2.75) is 63.8 Å². The first kappa shape index (κ1) is 13.1. The van der Waals surface area contributed by atoms with Crippen LogP contribution in [0.3, 0.4) is 0 Å². The highest BCUT2D eigenvalue weighted by molar-refractivity contribution is 5.76. The summed E-state index contributed by atoms with van der Waals surface area (Å²) in [7, 11) is 0. The van der Waals surface area contributed by atoms with Crippen molar-refractivity contribution in [1.29, 1.82) is 0 Å². The van der Waals surface area contributed by atoms with E-state index in [2.05, 4.69) is 5.32 Å². The summed E-state index contributed by atoms with van der Waals surface area (Å²) >= 11 is 0. The Balaban J connectivity index is 1.31. The number of hydrogen-bond acceptors (Lipinski definition) is 2. The molecule has 3 N–H and O–H groups in total. The van der Waals surface area contributed by atoms with Gasteiger partial charge in [0.15, 0.2) is 0 Å². The lowest BCUT2D eigenvalue weighted by atomic mass is 9.49. The lowest BCUT2D eigenvalue weighted by molar-refractivity contribution is -0.123. The van der Waals surface area contributed by atoms with E-state index in [0.29, 0.717) is 17.8 Å². The predicted molar refractivity (Wildman–Crippen MR) is 78.9 cm³/mol. The van der Waals surface area contributed by atoms with Gasteiger partial charge in [-0.25, -0.2) is 0 Å². The van der Waals surface area contributed by atoms with Gasteiger partial charge in [-0.05, 0) is 80.5 Å². The molecule has 0 heterocycles. The van der Waals surface area contributed by atoms with Crippen molar-refractivity contribution in [3.05, 3.63) is 0 Å². The van der Waals surface area contributed by atoms with Crippen molar-refractivity contribution >= 4 is 5.91 Å². The summed E-state index contributed by atoms with van der Waals surface area (Å²) in [6, 6.07) is 0.103. The zero-order valence-electron chi connectivity index (χ0n) is 12.4. The van der Waals surface area contributed by atoms with E-state index in [1.807, 2.05) is 0 Å². The highest BCUT2D eigenvalue weighted by atomic mass is 16.1. The maximum atomic E-state index is 12.1. The molecule has 1 amide bonds. The molecule has 1 unspecified atom stereocenters. The number of carbonyl (C=O) groups is 1. The van der Waals surface area contributed by atoms with Gasteiger partial charge in [-0.3, -0.25) is 4.79 Å². The molecule has 0 saturated heterocycles. The van der Waals surface area contributed by atoms with E-state index in [1.165, 1.54) is 51.4 Å². The molecule has 5 rings (SSSR count). The fourth-order valence-electron chi connectivity index (χ4n) is 5.77. The molecule has 0 aromatic rings. The van der Waals surface area contributed by atoms with Crippen LogP contribution in [0, 0.1) is 29.1 Å². The van der Waals surface area contributed by atoms with E-state index in [1.54, 1.807) is 0 Å². The zero-order valence-corrected chi connectivity index (χ0v) is 12.4. The van der Waals surface area contributed by atoms with Crippen LogP contribution in [0.25, 0.3) is 0 Å². The quantitative estimate of drug-likeness (QED) is 0.810. The highest BCUT2D eigenvalue weighted by Gasteiger charge is 2.50. The van der Waals surface area contributed by atoms with Crippen molar-refractivity contribution in [3.63, 3.8) is 0 Å². The van der Waals surface area contributed by atoms with E-state index >= 15 is 0 Å². The Labute approximate surface area is 122 Å². The van der Waals surface area contributed by atoms with Crippen LogP contribution in [0.2, 0.25) is 0 Å². The first-order chi connectivity index (χ1) is 9.62. The van der Waals surface area contributed by atoms with Gasteiger partial charge >= 0.3 is 0 Å². The van der Waals surface area contributed by atoms with Crippen molar-refractivity contribution in [1.82, 2.24) is 5.32 Å². The Bertz CT molecular complexity index is 367. The Morgan fingerprint density at radius 3 is 2.15 bits per heavy atom. The molecule has 0 aliphatic heterocycles. The topological polar surface area (TPSA) is 55.1 Å². The molecule has 3 heteroatoms. The van der Waals surface area contributed by atoms with Gasteiger partial charge in [-0.15, -0.1) is 0 Å². The van der Waals surface area contributed by atoms with Crippen LogP contribution in [0.15, 0.2) is 0 Å². The van der Waals surface area contributed by atoms with E-state index in [0.717, 1.165) is 24.3 Å². The third kappa shape index (κ3) is 2.49. The van der Waals surface area contributed by atoms with Gasteiger partial charge in [0, 0.05) is 19.0 Å². The highest BCUT2D eigenvalue weighted by Crippen LogP contribution is 2.59. The second-order valence-electron chi connectivity index (χ2n) is 8.40. The molecule has 1 atom stereocenters.